The van der Waals surface area contributed by atoms with Crippen LogP contribution in [-0.2, 0) is 0 Å². The van der Waals surface area contributed by atoms with Gasteiger partial charge in [-0.05, 0) is 24.1 Å². The number of hydrogen-bond acceptors (Lipinski definition) is 2. The summed E-state index contributed by atoms with van der Waals surface area (Å²) >= 11 is 4.83. The summed E-state index contributed by atoms with van der Waals surface area (Å²) in [4.78, 5) is 14.4. The minimum absolute atomic E-state index is 0.190. The molecule has 1 amide bonds. The molecular formula is C14H19FN2OS. The fourth-order valence-corrected chi connectivity index (χ4v) is 1.86. The van der Waals surface area contributed by atoms with Crippen molar-refractivity contribution in [1.29, 1.82) is 0 Å². The molecule has 0 radical (unpaired) electrons. The van der Waals surface area contributed by atoms with Crippen LogP contribution in [0.5, 0.6) is 0 Å². The summed E-state index contributed by atoms with van der Waals surface area (Å²) in [6, 6.07) is 5.71. The lowest BCUT2D eigenvalue weighted by atomic mass is 10.1. The minimum atomic E-state index is -0.412. The highest BCUT2D eigenvalue weighted by Crippen LogP contribution is 2.10. The second kappa shape index (κ2) is 7.19. The van der Waals surface area contributed by atoms with E-state index < -0.39 is 5.82 Å². The summed E-state index contributed by atoms with van der Waals surface area (Å²) in [5, 5.41) is 0. The first-order valence-electron chi connectivity index (χ1n) is 6.23. The van der Waals surface area contributed by atoms with Gasteiger partial charge in [-0.1, -0.05) is 32.1 Å². The Kier molecular flexibility index (Phi) is 5.89. The van der Waals surface area contributed by atoms with Gasteiger partial charge in [-0.15, -0.1) is 0 Å². The Bertz CT molecular complexity index is 463. The number of thiocarbonyl (C=S) groups is 1. The van der Waals surface area contributed by atoms with E-state index in [9.17, 15) is 9.18 Å². The Balaban J connectivity index is 2.83. The van der Waals surface area contributed by atoms with Crippen LogP contribution < -0.4 is 5.73 Å². The number of nitrogens with two attached hydrogens (primary N) is 1. The van der Waals surface area contributed by atoms with Gasteiger partial charge < -0.3 is 10.6 Å². The highest BCUT2D eigenvalue weighted by Gasteiger charge is 2.17. The molecule has 0 aliphatic heterocycles. The molecule has 0 fully saturated rings. The predicted molar refractivity (Wildman–Crippen MR) is 78.5 cm³/mol. The number of nitrogens with zero attached hydrogens (tertiary/aromatic N) is 1. The van der Waals surface area contributed by atoms with Crippen molar-refractivity contribution in [2.75, 3.05) is 13.1 Å². The molecule has 1 rings (SSSR count). The van der Waals surface area contributed by atoms with Crippen molar-refractivity contribution >= 4 is 23.1 Å². The number of hydrogen-bond donors (Lipinski definition) is 1. The monoisotopic (exact) mass is 282 g/mol. The number of carbonyl (C=O) groups excluding carboxylic acids is 1. The van der Waals surface area contributed by atoms with Gasteiger partial charge in [-0.2, -0.15) is 0 Å². The summed E-state index contributed by atoms with van der Waals surface area (Å²) in [5.41, 5.74) is 5.82. The fraction of sp³-hybridized carbons (Fsp3) is 0.429. The molecule has 0 spiro atoms. The Hall–Kier alpha value is -1.49. The highest BCUT2D eigenvalue weighted by molar-refractivity contribution is 7.80. The first-order valence-corrected chi connectivity index (χ1v) is 6.64. The Labute approximate surface area is 118 Å². The van der Waals surface area contributed by atoms with E-state index >= 15 is 0 Å². The molecule has 0 heterocycles. The second-order valence-electron chi connectivity index (χ2n) is 4.87. The van der Waals surface area contributed by atoms with Crippen molar-refractivity contribution in [1.82, 2.24) is 4.90 Å². The third kappa shape index (κ3) is 5.34. The number of carbonyl (C=O) groups is 1. The van der Waals surface area contributed by atoms with Crippen LogP contribution in [0.2, 0.25) is 0 Å². The van der Waals surface area contributed by atoms with E-state index in [4.69, 9.17) is 18.0 Å². The lowest BCUT2D eigenvalue weighted by Crippen LogP contribution is -2.36. The van der Waals surface area contributed by atoms with Gasteiger partial charge in [0, 0.05) is 25.1 Å². The minimum Gasteiger partial charge on any atom is -0.393 e. The van der Waals surface area contributed by atoms with Crippen molar-refractivity contribution in [3.8, 4) is 0 Å². The van der Waals surface area contributed by atoms with Crippen LogP contribution in [0.4, 0.5) is 4.39 Å². The third-order valence-electron chi connectivity index (χ3n) is 2.57. The first-order chi connectivity index (χ1) is 8.90. The molecule has 1 aromatic rings. The molecule has 19 heavy (non-hydrogen) atoms. The van der Waals surface area contributed by atoms with Gasteiger partial charge in [0.2, 0.25) is 0 Å². The van der Waals surface area contributed by atoms with Gasteiger partial charge in [-0.3, -0.25) is 4.79 Å². The van der Waals surface area contributed by atoms with Gasteiger partial charge in [-0.25, -0.2) is 4.39 Å². The predicted octanol–water partition coefficient (Wildman–Crippen LogP) is 2.60. The van der Waals surface area contributed by atoms with E-state index in [0.717, 1.165) is 0 Å². The van der Waals surface area contributed by atoms with Crippen molar-refractivity contribution in [3.63, 3.8) is 0 Å². The molecule has 0 aliphatic rings. The topological polar surface area (TPSA) is 46.3 Å². The van der Waals surface area contributed by atoms with Gasteiger partial charge in [0.25, 0.3) is 5.91 Å². The fourth-order valence-electron chi connectivity index (χ4n) is 1.77. The normalized spacial score (nSPS) is 10.5. The molecule has 0 saturated carbocycles. The molecule has 3 nitrogen and oxygen atoms in total. The summed E-state index contributed by atoms with van der Waals surface area (Å²) < 4.78 is 13.2. The van der Waals surface area contributed by atoms with Crippen LogP contribution in [-0.4, -0.2) is 28.9 Å². The second-order valence-corrected chi connectivity index (χ2v) is 5.40. The molecule has 0 atom stereocenters. The molecule has 1 aromatic carbocycles. The molecule has 5 heteroatoms. The van der Waals surface area contributed by atoms with Crippen LogP contribution in [0.15, 0.2) is 24.3 Å². The van der Waals surface area contributed by atoms with Gasteiger partial charge in [0.1, 0.15) is 5.82 Å². The molecule has 104 valence electrons. The van der Waals surface area contributed by atoms with E-state index in [-0.39, 0.29) is 5.91 Å². The van der Waals surface area contributed by atoms with Crippen LogP contribution in [0.25, 0.3) is 0 Å². The smallest absolute Gasteiger partial charge is 0.253 e. The summed E-state index contributed by atoms with van der Waals surface area (Å²) in [6.07, 6.45) is 0.475. The maximum Gasteiger partial charge on any atom is 0.253 e. The molecular weight excluding hydrogens is 263 g/mol. The van der Waals surface area contributed by atoms with Gasteiger partial charge in [0.05, 0.1) is 4.99 Å². The average Bonchev–Trinajstić information content (AvgIpc) is 2.33. The van der Waals surface area contributed by atoms with Crippen LogP contribution in [0, 0.1) is 11.7 Å². The van der Waals surface area contributed by atoms with E-state index in [2.05, 4.69) is 0 Å². The SMILES string of the molecule is CC(C)CN(CCC(N)=S)C(=O)c1cccc(F)c1. The Morgan fingerprint density at radius 2 is 2.16 bits per heavy atom. The standard InChI is InChI=1S/C14H19FN2OS/c1-10(2)9-17(7-6-13(16)19)14(18)11-4-3-5-12(15)8-11/h3-5,8,10H,6-7,9H2,1-2H3,(H2,16,19). The molecule has 2 N–H and O–H groups in total. The number of rotatable bonds is 6. The van der Waals surface area contributed by atoms with E-state index in [1.54, 1.807) is 11.0 Å². The maximum atomic E-state index is 13.2. The molecule has 0 saturated heterocycles. The van der Waals surface area contributed by atoms with Crippen molar-refractivity contribution in [2.45, 2.75) is 20.3 Å². The van der Waals surface area contributed by atoms with E-state index in [0.29, 0.717) is 36.0 Å². The first kappa shape index (κ1) is 15.6. The van der Waals surface area contributed by atoms with Crippen molar-refractivity contribution in [2.24, 2.45) is 11.7 Å². The summed E-state index contributed by atoms with van der Waals surface area (Å²) in [5.74, 6) is -0.280. The zero-order valence-electron chi connectivity index (χ0n) is 11.2. The molecule has 0 aliphatic carbocycles. The Morgan fingerprint density at radius 1 is 1.47 bits per heavy atom. The van der Waals surface area contributed by atoms with E-state index in [1.165, 1.54) is 18.2 Å². The number of amides is 1. The molecule has 0 unspecified atom stereocenters. The lowest BCUT2D eigenvalue weighted by molar-refractivity contribution is 0.0740. The van der Waals surface area contributed by atoms with Crippen LogP contribution in [0.1, 0.15) is 30.6 Å². The number of benzene rings is 1. The average molecular weight is 282 g/mol. The third-order valence-corrected chi connectivity index (χ3v) is 2.78. The molecule has 0 aromatic heterocycles. The zero-order chi connectivity index (χ0) is 14.4. The van der Waals surface area contributed by atoms with Crippen LogP contribution >= 0.6 is 12.2 Å². The largest absolute Gasteiger partial charge is 0.393 e. The quantitative estimate of drug-likeness (QED) is 0.816. The Morgan fingerprint density at radius 3 is 2.68 bits per heavy atom. The summed E-state index contributed by atoms with van der Waals surface area (Å²) in [6.45, 7) is 5.10. The maximum absolute atomic E-state index is 13.2. The summed E-state index contributed by atoms with van der Waals surface area (Å²) in [7, 11) is 0. The van der Waals surface area contributed by atoms with Gasteiger partial charge >= 0.3 is 0 Å². The highest BCUT2D eigenvalue weighted by atomic mass is 32.1. The van der Waals surface area contributed by atoms with Gasteiger partial charge in [0.15, 0.2) is 0 Å². The lowest BCUT2D eigenvalue weighted by Gasteiger charge is -2.24. The zero-order valence-corrected chi connectivity index (χ0v) is 12.0. The van der Waals surface area contributed by atoms with Crippen LogP contribution in [0.3, 0.4) is 0 Å². The van der Waals surface area contributed by atoms with Crippen molar-refractivity contribution < 1.29 is 9.18 Å². The number of halogens is 1. The van der Waals surface area contributed by atoms with E-state index in [1.807, 2.05) is 13.8 Å². The molecule has 0 bridgehead atoms. The van der Waals surface area contributed by atoms with Crippen molar-refractivity contribution in [3.05, 3.63) is 35.6 Å².